The minimum atomic E-state index is -3.75. The van der Waals surface area contributed by atoms with Crippen LogP contribution in [0.15, 0.2) is 23.1 Å². The van der Waals surface area contributed by atoms with Crippen molar-refractivity contribution in [2.45, 2.75) is 101 Å². The van der Waals surface area contributed by atoms with Crippen LogP contribution in [0.1, 0.15) is 84.4 Å². The van der Waals surface area contributed by atoms with E-state index in [1.165, 1.54) is 17.1 Å². The molecule has 39 heavy (non-hydrogen) atoms. The van der Waals surface area contributed by atoms with E-state index >= 15 is 0 Å². The molecule has 3 fully saturated rings. The first-order chi connectivity index (χ1) is 18.3. The van der Waals surface area contributed by atoms with Gasteiger partial charge in [-0.25, -0.2) is 22.2 Å². The second-order valence-electron chi connectivity index (χ2n) is 13.1. The van der Waals surface area contributed by atoms with Gasteiger partial charge in [-0.3, -0.25) is 4.79 Å². The van der Waals surface area contributed by atoms with Gasteiger partial charge in [-0.05, 0) is 74.5 Å². The first-order valence-electron chi connectivity index (χ1n) is 14.5. The lowest BCUT2D eigenvalue weighted by Crippen LogP contribution is -2.41. The zero-order chi connectivity index (χ0) is 28.0. The molecule has 1 aromatic heterocycles. The molecule has 2 aliphatic carbocycles. The Kier molecular flexibility index (Phi) is 7.83. The Morgan fingerprint density at radius 3 is 2.46 bits per heavy atom. The van der Waals surface area contributed by atoms with E-state index in [1.807, 2.05) is 6.07 Å². The molecule has 2 heterocycles. The normalized spacial score (nSPS) is 23.3. The Bertz CT molecular complexity index is 1300. The first kappa shape index (κ1) is 28.5. The van der Waals surface area contributed by atoms with Gasteiger partial charge in [0, 0.05) is 50.9 Å². The summed E-state index contributed by atoms with van der Waals surface area (Å²) in [6, 6.07) is 5.11. The molecular formula is C29H42F2N4O3S. The van der Waals surface area contributed by atoms with E-state index in [1.54, 1.807) is 12.1 Å². The van der Waals surface area contributed by atoms with Gasteiger partial charge in [0.25, 0.3) is 0 Å². The molecule has 0 radical (unpaired) electrons. The number of hydrogen-bond donors (Lipinski definition) is 1. The molecule has 7 nitrogen and oxygen atoms in total. The standard InChI is InChI=1S/C29H42F2N4O3S/c1-28(2,3)27-33-24-16-23(8-9-25(24)35(27)19-21-10-12-29(30,31)13-11-21)39(37,38)34-14-4-5-22(18-34)15-26(36)32-17-20-6-7-20/h8-9,16,20-22H,4-7,10-15,17-19H2,1-3H3,(H,32,36)/t22-/m0/s1. The number of hydrogen-bond acceptors (Lipinski definition) is 4. The molecule has 1 aliphatic heterocycles. The summed E-state index contributed by atoms with van der Waals surface area (Å²) in [5.74, 6) is -0.974. The molecule has 10 heteroatoms. The van der Waals surface area contributed by atoms with Crippen molar-refractivity contribution >= 4 is 27.0 Å². The topological polar surface area (TPSA) is 84.3 Å². The summed E-state index contributed by atoms with van der Waals surface area (Å²) in [6.45, 7) is 8.29. The minimum absolute atomic E-state index is 0.00558. The van der Waals surface area contributed by atoms with E-state index in [2.05, 4.69) is 30.7 Å². The molecule has 0 bridgehead atoms. The van der Waals surface area contributed by atoms with Crippen LogP contribution >= 0.6 is 0 Å². The lowest BCUT2D eigenvalue weighted by Gasteiger charge is -2.31. The van der Waals surface area contributed by atoms with Crippen LogP contribution in [0.5, 0.6) is 0 Å². The number of carbonyl (C=O) groups is 1. The number of amides is 1. The maximum atomic E-state index is 13.7. The van der Waals surface area contributed by atoms with Crippen LogP contribution in [-0.4, -0.2) is 53.7 Å². The third-order valence-corrected chi connectivity index (χ3v) is 10.4. The second-order valence-corrected chi connectivity index (χ2v) is 15.0. The maximum Gasteiger partial charge on any atom is 0.248 e. The van der Waals surface area contributed by atoms with Gasteiger partial charge in [0.15, 0.2) is 0 Å². The van der Waals surface area contributed by atoms with Gasteiger partial charge in [-0.15, -0.1) is 0 Å². The Morgan fingerprint density at radius 1 is 1.08 bits per heavy atom. The highest BCUT2D eigenvalue weighted by molar-refractivity contribution is 7.89. The van der Waals surface area contributed by atoms with Gasteiger partial charge in [0.05, 0.1) is 15.9 Å². The van der Waals surface area contributed by atoms with Crippen LogP contribution in [-0.2, 0) is 26.8 Å². The Balaban J connectivity index is 1.34. The van der Waals surface area contributed by atoms with Crippen LogP contribution < -0.4 is 5.32 Å². The lowest BCUT2D eigenvalue weighted by molar-refractivity contribution is -0.122. The number of rotatable bonds is 8. The number of nitrogens with one attached hydrogen (secondary N) is 1. The fourth-order valence-corrected chi connectivity index (χ4v) is 7.62. The van der Waals surface area contributed by atoms with Crippen LogP contribution in [0, 0.1) is 17.8 Å². The number of piperidine rings is 1. The number of imidazole rings is 1. The maximum absolute atomic E-state index is 13.7. The number of sulfonamides is 1. The SMILES string of the molecule is CC(C)(C)c1nc2cc(S(=O)(=O)N3CCC[C@@H](CC(=O)NCC4CC4)C3)ccc2n1CC1CCC(F)(F)CC1. The van der Waals surface area contributed by atoms with E-state index in [4.69, 9.17) is 4.98 Å². The Hall–Kier alpha value is -2.07. The van der Waals surface area contributed by atoms with Crippen molar-refractivity contribution in [1.82, 2.24) is 19.2 Å². The lowest BCUT2D eigenvalue weighted by atomic mass is 9.86. The Morgan fingerprint density at radius 2 is 1.79 bits per heavy atom. The second kappa shape index (κ2) is 10.7. The first-order valence-corrected chi connectivity index (χ1v) is 15.9. The van der Waals surface area contributed by atoms with Crippen molar-refractivity contribution in [2.75, 3.05) is 19.6 Å². The zero-order valence-electron chi connectivity index (χ0n) is 23.4. The highest BCUT2D eigenvalue weighted by Gasteiger charge is 2.36. The molecule has 3 aliphatic rings. The number of nitrogens with zero attached hydrogens (tertiary/aromatic N) is 3. The average Bonchev–Trinajstić information content (AvgIpc) is 3.63. The number of halogens is 2. The van der Waals surface area contributed by atoms with Crippen LogP contribution in [0.2, 0.25) is 0 Å². The molecule has 0 unspecified atom stereocenters. The Labute approximate surface area is 230 Å². The predicted octanol–water partition coefficient (Wildman–Crippen LogP) is 5.48. The largest absolute Gasteiger partial charge is 0.356 e. The predicted molar refractivity (Wildman–Crippen MR) is 147 cm³/mol. The monoisotopic (exact) mass is 564 g/mol. The summed E-state index contributed by atoms with van der Waals surface area (Å²) in [5.41, 5.74) is 1.15. The molecule has 1 aromatic carbocycles. The van der Waals surface area contributed by atoms with Gasteiger partial charge >= 0.3 is 0 Å². The summed E-state index contributed by atoms with van der Waals surface area (Å²) >= 11 is 0. The van der Waals surface area contributed by atoms with E-state index in [0.29, 0.717) is 50.3 Å². The quantitative estimate of drug-likeness (QED) is 0.461. The van der Waals surface area contributed by atoms with Gasteiger partial charge in [0.2, 0.25) is 21.9 Å². The fourth-order valence-electron chi connectivity index (χ4n) is 6.04. The minimum Gasteiger partial charge on any atom is -0.356 e. The fraction of sp³-hybridized carbons (Fsp3) is 0.724. The number of carbonyl (C=O) groups excluding carboxylic acids is 1. The molecule has 2 aromatic rings. The smallest absolute Gasteiger partial charge is 0.248 e. The summed E-state index contributed by atoms with van der Waals surface area (Å²) < 4.78 is 58.4. The molecule has 1 saturated heterocycles. The molecule has 5 rings (SSSR count). The van der Waals surface area contributed by atoms with Crippen LogP contribution in [0.3, 0.4) is 0 Å². The van der Waals surface area contributed by atoms with Crippen LogP contribution in [0.4, 0.5) is 8.78 Å². The van der Waals surface area contributed by atoms with E-state index < -0.39 is 15.9 Å². The summed E-state index contributed by atoms with van der Waals surface area (Å²) in [5, 5.41) is 3.00. The van der Waals surface area contributed by atoms with Crippen molar-refractivity contribution in [3.63, 3.8) is 0 Å². The molecule has 2 saturated carbocycles. The molecule has 1 amide bonds. The summed E-state index contributed by atoms with van der Waals surface area (Å²) in [6.07, 6.45) is 5.04. The number of benzene rings is 1. The van der Waals surface area contributed by atoms with Gasteiger partial charge in [-0.2, -0.15) is 4.31 Å². The molecular weight excluding hydrogens is 522 g/mol. The van der Waals surface area contributed by atoms with Crippen molar-refractivity contribution in [3.8, 4) is 0 Å². The summed E-state index contributed by atoms with van der Waals surface area (Å²) in [7, 11) is -3.75. The number of aromatic nitrogens is 2. The van der Waals surface area contributed by atoms with Crippen molar-refractivity contribution in [1.29, 1.82) is 0 Å². The summed E-state index contributed by atoms with van der Waals surface area (Å²) in [4.78, 5) is 17.5. The van der Waals surface area contributed by atoms with E-state index in [9.17, 15) is 22.0 Å². The van der Waals surface area contributed by atoms with Gasteiger partial charge < -0.3 is 9.88 Å². The average molecular weight is 565 g/mol. The number of alkyl halides is 2. The van der Waals surface area contributed by atoms with Gasteiger partial charge in [-0.1, -0.05) is 20.8 Å². The van der Waals surface area contributed by atoms with Crippen LogP contribution in [0.25, 0.3) is 11.0 Å². The van der Waals surface area contributed by atoms with Crippen molar-refractivity contribution in [2.24, 2.45) is 17.8 Å². The molecule has 1 atom stereocenters. The zero-order valence-corrected chi connectivity index (χ0v) is 24.2. The van der Waals surface area contributed by atoms with E-state index in [-0.39, 0.29) is 40.9 Å². The highest BCUT2D eigenvalue weighted by atomic mass is 32.2. The van der Waals surface area contributed by atoms with Crippen molar-refractivity contribution < 1.29 is 22.0 Å². The third-order valence-electron chi connectivity index (χ3n) is 8.55. The molecule has 0 spiro atoms. The molecule has 216 valence electrons. The number of fused-ring (bicyclic) bond motifs is 1. The van der Waals surface area contributed by atoms with Gasteiger partial charge in [0.1, 0.15) is 5.82 Å². The van der Waals surface area contributed by atoms with Crippen molar-refractivity contribution in [3.05, 3.63) is 24.0 Å². The third kappa shape index (κ3) is 6.64. The van der Waals surface area contributed by atoms with E-state index in [0.717, 1.165) is 30.7 Å². The molecule has 1 N–H and O–H groups in total. The highest BCUT2D eigenvalue weighted by Crippen LogP contribution is 2.38.